The topological polar surface area (TPSA) is 72.6 Å². The van der Waals surface area contributed by atoms with E-state index in [2.05, 4.69) is 0 Å². The lowest BCUT2D eigenvalue weighted by Crippen LogP contribution is -2.25. The van der Waals surface area contributed by atoms with E-state index in [9.17, 15) is 4.79 Å². The number of carboxylic acids is 1. The van der Waals surface area contributed by atoms with Gasteiger partial charge in [-0.25, -0.2) is 0 Å². The van der Waals surface area contributed by atoms with Crippen molar-refractivity contribution < 1.29 is 14.6 Å². The highest BCUT2D eigenvalue weighted by molar-refractivity contribution is 5.70. The third kappa shape index (κ3) is 2.97. The molecule has 0 amide bonds. The molecular formula is C13H19NO3. The normalized spacial score (nSPS) is 14.1. The summed E-state index contributed by atoms with van der Waals surface area (Å²) in [7, 11) is 1.62. The molecule has 94 valence electrons. The predicted molar refractivity (Wildman–Crippen MR) is 66.1 cm³/mol. The van der Waals surface area contributed by atoms with E-state index in [-0.39, 0.29) is 0 Å². The lowest BCUT2D eigenvalue weighted by atomic mass is 9.93. The van der Waals surface area contributed by atoms with Crippen molar-refractivity contribution in [1.29, 1.82) is 0 Å². The van der Waals surface area contributed by atoms with Gasteiger partial charge in [0, 0.05) is 6.04 Å². The number of carbonyl (C=O) groups is 1. The number of hydrogen-bond donors (Lipinski definition) is 2. The van der Waals surface area contributed by atoms with Gasteiger partial charge in [-0.3, -0.25) is 4.79 Å². The first-order valence-electron chi connectivity index (χ1n) is 5.66. The fourth-order valence-electron chi connectivity index (χ4n) is 1.72. The fraction of sp³-hybridized carbons (Fsp3) is 0.462. The van der Waals surface area contributed by atoms with Gasteiger partial charge in [-0.1, -0.05) is 26.0 Å². The monoisotopic (exact) mass is 237 g/mol. The van der Waals surface area contributed by atoms with E-state index in [0.29, 0.717) is 0 Å². The van der Waals surface area contributed by atoms with Crippen LogP contribution in [0, 0.1) is 5.92 Å². The first-order valence-corrected chi connectivity index (χ1v) is 5.66. The van der Waals surface area contributed by atoms with Crippen molar-refractivity contribution in [2.75, 3.05) is 7.11 Å². The van der Waals surface area contributed by atoms with Crippen LogP contribution in [0.1, 0.15) is 31.0 Å². The van der Waals surface area contributed by atoms with Crippen molar-refractivity contribution in [3.05, 3.63) is 29.3 Å². The highest BCUT2D eigenvalue weighted by Crippen LogP contribution is 2.26. The zero-order valence-corrected chi connectivity index (χ0v) is 10.4. The van der Waals surface area contributed by atoms with E-state index in [4.69, 9.17) is 15.6 Å². The van der Waals surface area contributed by atoms with E-state index in [0.717, 1.165) is 23.3 Å². The molecular weight excluding hydrogens is 218 g/mol. The van der Waals surface area contributed by atoms with Crippen LogP contribution in [0.5, 0.6) is 5.75 Å². The zero-order chi connectivity index (χ0) is 13.0. The second kappa shape index (κ2) is 5.68. The molecule has 3 N–H and O–H groups in total. The molecule has 0 spiro atoms. The third-order valence-electron chi connectivity index (χ3n) is 3.00. The number of methoxy groups -OCH3 is 1. The van der Waals surface area contributed by atoms with Crippen molar-refractivity contribution in [1.82, 2.24) is 0 Å². The maximum Gasteiger partial charge on any atom is 0.308 e. The number of ether oxygens (including phenoxy) is 1. The van der Waals surface area contributed by atoms with E-state index in [1.807, 2.05) is 25.1 Å². The standard InChI is InChI=1S/C13H19NO3/c1-4-9-7-10(5-6-11(9)17-3)12(14)8(2)13(15)16/h5-8,12H,4,14H2,1-3H3,(H,15,16). The molecule has 2 unspecified atom stereocenters. The minimum Gasteiger partial charge on any atom is -0.496 e. The van der Waals surface area contributed by atoms with E-state index < -0.39 is 17.9 Å². The lowest BCUT2D eigenvalue weighted by Gasteiger charge is -2.18. The van der Waals surface area contributed by atoms with Crippen molar-refractivity contribution >= 4 is 5.97 Å². The Morgan fingerprint density at radius 1 is 1.53 bits per heavy atom. The molecule has 0 aliphatic carbocycles. The van der Waals surface area contributed by atoms with Crippen LogP contribution < -0.4 is 10.5 Å². The van der Waals surface area contributed by atoms with Crippen LogP contribution in [0.3, 0.4) is 0 Å². The van der Waals surface area contributed by atoms with Crippen molar-refractivity contribution in [2.24, 2.45) is 11.7 Å². The number of aryl methyl sites for hydroxylation is 1. The summed E-state index contributed by atoms with van der Waals surface area (Å²) in [5.74, 6) is -0.675. The average Bonchev–Trinajstić information content (AvgIpc) is 2.35. The van der Waals surface area contributed by atoms with E-state index >= 15 is 0 Å². The molecule has 1 rings (SSSR count). The van der Waals surface area contributed by atoms with Gasteiger partial charge in [-0.2, -0.15) is 0 Å². The summed E-state index contributed by atoms with van der Waals surface area (Å²) < 4.78 is 5.22. The fourth-order valence-corrected chi connectivity index (χ4v) is 1.72. The molecule has 0 heterocycles. The molecule has 0 fully saturated rings. The van der Waals surface area contributed by atoms with Crippen LogP contribution in [0.25, 0.3) is 0 Å². The van der Waals surface area contributed by atoms with Gasteiger partial charge in [-0.15, -0.1) is 0 Å². The quantitative estimate of drug-likeness (QED) is 0.821. The minimum absolute atomic E-state index is 0.497. The highest BCUT2D eigenvalue weighted by atomic mass is 16.5. The Labute approximate surface area is 101 Å². The Balaban J connectivity index is 3.03. The molecule has 0 bridgehead atoms. The Hall–Kier alpha value is -1.55. The molecule has 1 aromatic carbocycles. The van der Waals surface area contributed by atoms with E-state index in [1.54, 1.807) is 14.0 Å². The summed E-state index contributed by atoms with van der Waals surface area (Å²) >= 11 is 0. The Bertz CT molecular complexity index is 404. The first kappa shape index (κ1) is 13.5. The van der Waals surface area contributed by atoms with Gasteiger partial charge < -0.3 is 15.6 Å². The van der Waals surface area contributed by atoms with Gasteiger partial charge >= 0.3 is 5.97 Å². The second-order valence-electron chi connectivity index (χ2n) is 4.08. The van der Waals surface area contributed by atoms with Crippen LogP contribution in [0.4, 0.5) is 0 Å². The summed E-state index contributed by atoms with van der Waals surface area (Å²) in [6.07, 6.45) is 0.825. The number of hydrogen-bond acceptors (Lipinski definition) is 3. The Morgan fingerprint density at radius 2 is 2.18 bits per heavy atom. The molecule has 0 saturated carbocycles. The maximum absolute atomic E-state index is 10.9. The van der Waals surface area contributed by atoms with Crippen LogP contribution in [0.2, 0.25) is 0 Å². The summed E-state index contributed by atoms with van der Waals surface area (Å²) in [6.45, 7) is 3.64. The number of benzene rings is 1. The molecule has 2 atom stereocenters. The van der Waals surface area contributed by atoms with Crippen LogP contribution in [-0.4, -0.2) is 18.2 Å². The number of aliphatic carboxylic acids is 1. The van der Waals surface area contributed by atoms with Crippen molar-refractivity contribution in [3.63, 3.8) is 0 Å². The van der Waals surface area contributed by atoms with Gasteiger partial charge in [0.05, 0.1) is 13.0 Å². The molecule has 1 aromatic rings. The zero-order valence-electron chi connectivity index (χ0n) is 10.4. The third-order valence-corrected chi connectivity index (χ3v) is 3.00. The molecule has 4 nitrogen and oxygen atoms in total. The molecule has 4 heteroatoms. The van der Waals surface area contributed by atoms with Gasteiger partial charge in [0.2, 0.25) is 0 Å². The number of nitrogens with two attached hydrogens (primary N) is 1. The van der Waals surface area contributed by atoms with Crippen molar-refractivity contribution in [2.45, 2.75) is 26.3 Å². The highest BCUT2D eigenvalue weighted by Gasteiger charge is 2.22. The molecule has 0 radical (unpaired) electrons. The summed E-state index contributed by atoms with van der Waals surface area (Å²) in [6, 6.07) is 5.08. The van der Waals surface area contributed by atoms with E-state index in [1.165, 1.54) is 0 Å². The molecule has 0 aromatic heterocycles. The van der Waals surface area contributed by atoms with Crippen molar-refractivity contribution in [3.8, 4) is 5.75 Å². The number of rotatable bonds is 5. The van der Waals surface area contributed by atoms with Gasteiger partial charge in [0.15, 0.2) is 0 Å². The summed E-state index contributed by atoms with van der Waals surface area (Å²) in [5, 5.41) is 8.94. The Morgan fingerprint density at radius 3 is 2.65 bits per heavy atom. The summed E-state index contributed by atoms with van der Waals surface area (Å²) in [5.41, 5.74) is 7.80. The maximum atomic E-state index is 10.9. The average molecular weight is 237 g/mol. The van der Waals surface area contributed by atoms with Crippen LogP contribution in [0.15, 0.2) is 18.2 Å². The smallest absolute Gasteiger partial charge is 0.308 e. The second-order valence-corrected chi connectivity index (χ2v) is 4.08. The molecule has 0 saturated heterocycles. The molecule has 0 aliphatic rings. The molecule has 0 aliphatic heterocycles. The van der Waals surface area contributed by atoms with Crippen LogP contribution in [-0.2, 0) is 11.2 Å². The van der Waals surface area contributed by atoms with Gasteiger partial charge in [0.1, 0.15) is 5.75 Å². The SMILES string of the molecule is CCc1cc(C(N)C(C)C(=O)O)ccc1OC. The molecule has 17 heavy (non-hydrogen) atoms. The largest absolute Gasteiger partial charge is 0.496 e. The predicted octanol–water partition coefficient (Wildman–Crippen LogP) is 1.98. The number of carboxylic acid groups (broad SMARTS) is 1. The minimum atomic E-state index is -0.883. The lowest BCUT2D eigenvalue weighted by molar-refractivity contribution is -0.141. The van der Waals surface area contributed by atoms with Crippen LogP contribution >= 0.6 is 0 Å². The Kier molecular flexibility index (Phi) is 4.52. The van der Waals surface area contributed by atoms with Gasteiger partial charge in [-0.05, 0) is 23.6 Å². The summed E-state index contributed by atoms with van der Waals surface area (Å²) in [4.78, 5) is 10.9. The first-order chi connectivity index (χ1) is 8.01. The van der Waals surface area contributed by atoms with Gasteiger partial charge in [0.25, 0.3) is 0 Å².